The maximum absolute atomic E-state index is 12.6. The van der Waals surface area contributed by atoms with Crippen molar-refractivity contribution >= 4 is 45.0 Å². The summed E-state index contributed by atoms with van der Waals surface area (Å²) in [6.45, 7) is 2.62. The molecule has 2 aliphatic rings. The van der Waals surface area contributed by atoms with Crippen LogP contribution in [0, 0.1) is 0 Å². The minimum Gasteiger partial charge on any atom is -0.340 e. The molecule has 0 unspecified atom stereocenters. The van der Waals surface area contributed by atoms with E-state index in [-0.39, 0.29) is 42.1 Å². The van der Waals surface area contributed by atoms with E-state index in [4.69, 9.17) is 11.6 Å². The highest BCUT2D eigenvalue weighted by atomic mass is 35.5. The van der Waals surface area contributed by atoms with Crippen LogP contribution in [0.1, 0.15) is 12.0 Å². The Balaban J connectivity index is 1.23. The second-order valence-corrected chi connectivity index (χ2v) is 9.82. The normalized spacial score (nSPS) is 18.6. The van der Waals surface area contributed by atoms with Crippen LogP contribution in [0.4, 0.5) is 5.69 Å². The van der Waals surface area contributed by atoms with Gasteiger partial charge in [0.25, 0.3) is 10.0 Å². The minimum atomic E-state index is -3.59. The van der Waals surface area contributed by atoms with Crippen molar-refractivity contribution < 1.29 is 18.0 Å². The van der Waals surface area contributed by atoms with Crippen molar-refractivity contribution in [3.05, 3.63) is 59.1 Å². The first-order valence-corrected chi connectivity index (χ1v) is 12.4. The Morgan fingerprint density at radius 2 is 1.73 bits per heavy atom. The van der Waals surface area contributed by atoms with Gasteiger partial charge in [0.1, 0.15) is 5.84 Å². The Bertz CT molecular complexity index is 1190. The van der Waals surface area contributed by atoms with Gasteiger partial charge in [0.15, 0.2) is 0 Å². The number of halogens is 1. The first kappa shape index (κ1) is 23.2. The minimum absolute atomic E-state index is 0.0475. The lowest BCUT2D eigenvalue weighted by Crippen LogP contribution is -2.50. The van der Waals surface area contributed by atoms with Gasteiger partial charge in [-0.3, -0.25) is 24.2 Å². The number of amidine groups is 1. The zero-order valence-electron chi connectivity index (χ0n) is 17.8. The van der Waals surface area contributed by atoms with Crippen LogP contribution >= 0.6 is 11.6 Å². The van der Waals surface area contributed by atoms with Crippen LogP contribution in [0.3, 0.4) is 0 Å². The number of amides is 2. The number of hydrogen-bond donors (Lipinski definition) is 2. The summed E-state index contributed by atoms with van der Waals surface area (Å²) in [4.78, 5) is 33.1. The van der Waals surface area contributed by atoms with Crippen molar-refractivity contribution in [2.75, 3.05) is 44.6 Å². The van der Waals surface area contributed by atoms with Gasteiger partial charge in [0.2, 0.25) is 11.8 Å². The molecule has 1 fully saturated rings. The lowest BCUT2D eigenvalue weighted by molar-refractivity contribution is -0.132. The van der Waals surface area contributed by atoms with Crippen LogP contribution < -0.4 is 10.0 Å². The molecule has 0 aliphatic carbocycles. The van der Waals surface area contributed by atoms with E-state index in [1.54, 1.807) is 47.4 Å². The van der Waals surface area contributed by atoms with Crippen molar-refractivity contribution in [1.29, 1.82) is 0 Å². The van der Waals surface area contributed by atoms with Crippen molar-refractivity contribution in [3.8, 4) is 0 Å². The van der Waals surface area contributed by atoms with E-state index in [9.17, 15) is 18.0 Å². The van der Waals surface area contributed by atoms with Gasteiger partial charge in [-0.2, -0.15) is 0 Å². The molecule has 0 aromatic heterocycles. The Hall–Kier alpha value is -2.95. The average molecular weight is 490 g/mol. The Kier molecular flexibility index (Phi) is 6.96. The number of para-hydroxylation sites is 1. The predicted octanol–water partition coefficient (Wildman–Crippen LogP) is 1.55. The molecule has 9 nitrogen and oxygen atoms in total. The zero-order valence-corrected chi connectivity index (χ0v) is 19.4. The number of fused-ring (bicyclic) bond motifs is 1. The summed E-state index contributed by atoms with van der Waals surface area (Å²) in [5, 5.41) is 3.29. The lowest BCUT2D eigenvalue weighted by Gasteiger charge is -2.34. The van der Waals surface area contributed by atoms with Crippen LogP contribution in [0.5, 0.6) is 0 Å². The molecule has 4 rings (SSSR count). The number of carbonyl (C=O) groups is 2. The van der Waals surface area contributed by atoms with E-state index < -0.39 is 10.0 Å². The van der Waals surface area contributed by atoms with Crippen molar-refractivity contribution in [2.24, 2.45) is 4.99 Å². The predicted molar refractivity (Wildman–Crippen MR) is 126 cm³/mol. The summed E-state index contributed by atoms with van der Waals surface area (Å²) in [5.74, 6) is 0.0689. The monoisotopic (exact) mass is 489 g/mol. The largest absolute Gasteiger partial charge is 0.340 e. The first-order chi connectivity index (χ1) is 15.8. The van der Waals surface area contributed by atoms with E-state index >= 15 is 0 Å². The first-order valence-electron chi connectivity index (χ1n) is 10.5. The van der Waals surface area contributed by atoms with Crippen LogP contribution in [0.15, 0.2) is 58.4 Å². The molecule has 2 aliphatic heterocycles. The van der Waals surface area contributed by atoms with E-state index in [1.807, 2.05) is 4.90 Å². The van der Waals surface area contributed by atoms with Crippen molar-refractivity contribution in [3.63, 3.8) is 0 Å². The third-order valence-electron chi connectivity index (χ3n) is 5.50. The highest BCUT2D eigenvalue weighted by molar-refractivity contribution is 7.90. The number of rotatable bonds is 6. The number of aliphatic imine (C=N–C) groups is 1. The number of sulfonamides is 1. The number of hydrogen-bond acceptors (Lipinski definition) is 6. The Morgan fingerprint density at radius 1 is 1.03 bits per heavy atom. The quantitative estimate of drug-likeness (QED) is 0.639. The lowest BCUT2D eigenvalue weighted by atomic mass is 10.2. The number of carbonyl (C=O) groups excluding carboxylic acids is 2. The molecule has 0 bridgehead atoms. The second kappa shape index (κ2) is 9.90. The number of piperazine rings is 1. The van der Waals surface area contributed by atoms with E-state index in [2.05, 4.69) is 15.0 Å². The summed E-state index contributed by atoms with van der Waals surface area (Å²) in [6.07, 6.45) is 0.181. The maximum atomic E-state index is 12.6. The molecule has 0 radical (unpaired) electrons. The van der Waals surface area contributed by atoms with E-state index in [0.29, 0.717) is 42.5 Å². The molecule has 2 N–H and O–H groups in total. The van der Waals surface area contributed by atoms with Gasteiger partial charge in [0.05, 0.1) is 28.7 Å². The SMILES string of the molecule is O=C(CN1CCN(C(=O)CCN=C2NS(=O)(=O)c3ccccc32)CC1)Nc1ccccc1Cl. The third-order valence-corrected chi connectivity index (χ3v) is 7.23. The van der Waals surface area contributed by atoms with Crippen molar-refractivity contribution in [2.45, 2.75) is 11.3 Å². The molecule has 174 valence electrons. The molecule has 2 aromatic rings. The topological polar surface area (TPSA) is 111 Å². The van der Waals surface area contributed by atoms with E-state index in [1.165, 1.54) is 6.07 Å². The molecular formula is C22H24ClN5O4S. The van der Waals surface area contributed by atoms with Gasteiger partial charge in [0, 0.05) is 38.2 Å². The van der Waals surface area contributed by atoms with Crippen LogP contribution in [-0.4, -0.2) is 75.1 Å². The van der Waals surface area contributed by atoms with Crippen LogP contribution in [-0.2, 0) is 19.6 Å². The Morgan fingerprint density at radius 3 is 2.48 bits per heavy atom. The maximum Gasteiger partial charge on any atom is 0.263 e. The molecule has 1 saturated heterocycles. The fourth-order valence-corrected chi connectivity index (χ4v) is 5.22. The summed E-state index contributed by atoms with van der Waals surface area (Å²) in [5.41, 5.74) is 1.10. The molecule has 2 amide bonds. The molecule has 0 atom stereocenters. The molecule has 2 heterocycles. The molecular weight excluding hydrogens is 466 g/mol. The molecule has 0 saturated carbocycles. The second-order valence-electron chi connectivity index (χ2n) is 7.77. The van der Waals surface area contributed by atoms with Gasteiger partial charge in [-0.15, -0.1) is 0 Å². The van der Waals surface area contributed by atoms with Gasteiger partial charge in [-0.1, -0.05) is 35.9 Å². The van der Waals surface area contributed by atoms with Crippen molar-refractivity contribution in [1.82, 2.24) is 14.5 Å². The summed E-state index contributed by atoms with van der Waals surface area (Å²) < 4.78 is 26.7. The molecule has 2 aromatic carbocycles. The van der Waals surface area contributed by atoms with E-state index in [0.717, 1.165) is 0 Å². The summed E-state index contributed by atoms with van der Waals surface area (Å²) >= 11 is 6.07. The Labute approximate surface area is 197 Å². The van der Waals surface area contributed by atoms with Crippen LogP contribution in [0.2, 0.25) is 5.02 Å². The number of benzene rings is 2. The zero-order chi connectivity index (χ0) is 23.4. The molecule has 0 spiro atoms. The fourth-order valence-electron chi connectivity index (χ4n) is 3.78. The highest BCUT2D eigenvalue weighted by Crippen LogP contribution is 2.22. The fraction of sp³-hybridized carbons (Fsp3) is 0.318. The number of nitrogens with one attached hydrogen (secondary N) is 2. The van der Waals surface area contributed by atoms with Crippen LogP contribution in [0.25, 0.3) is 0 Å². The van der Waals surface area contributed by atoms with Gasteiger partial charge >= 0.3 is 0 Å². The summed E-state index contributed by atoms with van der Waals surface area (Å²) in [7, 11) is -3.59. The average Bonchev–Trinajstić information content (AvgIpc) is 3.06. The number of anilines is 1. The molecule has 11 heteroatoms. The smallest absolute Gasteiger partial charge is 0.263 e. The highest BCUT2D eigenvalue weighted by Gasteiger charge is 2.30. The summed E-state index contributed by atoms with van der Waals surface area (Å²) in [6, 6.07) is 13.7. The molecule has 33 heavy (non-hydrogen) atoms. The van der Waals surface area contributed by atoms with Gasteiger partial charge < -0.3 is 10.2 Å². The number of nitrogens with zero attached hydrogens (tertiary/aromatic N) is 3. The standard InChI is InChI=1S/C22H24ClN5O4S/c23-17-6-2-3-7-18(17)25-20(29)15-27-11-13-28(14-12-27)21(30)9-10-24-22-16-5-1-4-8-19(16)33(31,32)26-22/h1-8H,9-15H2,(H,24,26)(H,25,29). The van der Waals surface area contributed by atoms with Gasteiger partial charge in [-0.05, 0) is 24.3 Å². The third kappa shape index (κ3) is 5.52. The van der Waals surface area contributed by atoms with Gasteiger partial charge in [-0.25, -0.2) is 8.42 Å².